The summed E-state index contributed by atoms with van der Waals surface area (Å²) >= 11 is 0. The number of fused-ring (bicyclic) bond motifs is 10. The Bertz CT molecular complexity index is 5220. The molecule has 11 aromatic carbocycles. The topological polar surface area (TPSA) is 4.41 Å². The zero-order chi connectivity index (χ0) is 71.2. The van der Waals surface area contributed by atoms with Crippen molar-refractivity contribution in [3.05, 3.63) is 426 Å². The van der Waals surface area contributed by atoms with E-state index in [2.05, 4.69) is 408 Å². The number of hydrogen-bond acceptors (Lipinski definition) is 0. The molecule has 7 aliphatic carbocycles. The molecule has 1 nitrogen and oxygen atoms in total. The maximum atomic E-state index is 2.28. The van der Waals surface area contributed by atoms with E-state index in [1.807, 2.05) is 6.07 Å². The summed E-state index contributed by atoms with van der Waals surface area (Å²) in [4.78, 5) is 0. The highest BCUT2D eigenvalue weighted by molar-refractivity contribution is 5.85. The first-order valence-electron chi connectivity index (χ1n) is 36.4. The normalized spacial score (nSPS) is 13.3. The van der Waals surface area contributed by atoms with Crippen molar-refractivity contribution in [1.29, 1.82) is 0 Å². The first-order valence-corrected chi connectivity index (χ1v) is 36.4. The lowest BCUT2D eigenvalue weighted by Gasteiger charge is -2.01. The van der Waals surface area contributed by atoms with Gasteiger partial charge in [0.15, 0.2) is 0 Å². The van der Waals surface area contributed by atoms with Crippen LogP contribution in [-0.4, -0.2) is 4.40 Å². The molecule has 0 radical (unpaired) electrons. The van der Waals surface area contributed by atoms with Crippen molar-refractivity contribution in [3.63, 3.8) is 0 Å². The number of aryl methyl sites for hydroxylation is 7. The van der Waals surface area contributed by atoms with Crippen LogP contribution in [0.15, 0.2) is 309 Å². The lowest BCUT2D eigenvalue weighted by Crippen LogP contribution is -1.84. The van der Waals surface area contributed by atoms with Crippen LogP contribution in [0, 0.1) is 48.5 Å². The number of benzene rings is 11. The molecule has 0 N–H and O–H groups in total. The zero-order valence-corrected chi connectivity index (χ0v) is 61.6. The van der Waals surface area contributed by atoms with E-state index in [-0.39, 0.29) is 14.9 Å². The second-order valence-electron chi connectivity index (χ2n) is 27.6. The van der Waals surface area contributed by atoms with Crippen LogP contribution in [0.5, 0.6) is 0 Å². The van der Waals surface area contributed by atoms with Crippen LogP contribution in [0.1, 0.15) is 159 Å². The van der Waals surface area contributed by atoms with Crippen LogP contribution in [0.4, 0.5) is 0 Å². The van der Waals surface area contributed by atoms with Crippen molar-refractivity contribution in [3.8, 4) is 0 Å². The fourth-order valence-corrected chi connectivity index (χ4v) is 13.9. The Morgan fingerprint density at radius 2 is 0.923 bits per heavy atom. The van der Waals surface area contributed by atoms with E-state index in [4.69, 9.17) is 0 Å². The van der Waals surface area contributed by atoms with Crippen molar-refractivity contribution in [1.82, 2.24) is 4.40 Å². The van der Waals surface area contributed by atoms with E-state index >= 15 is 0 Å². The quantitative estimate of drug-likeness (QED) is 0.143. The first-order chi connectivity index (χ1) is 49.7. The third kappa shape index (κ3) is 21.0. The Hall–Kier alpha value is -11.1. The van der Waals surface area contributed by atoms with Crippen LogP contribution in [0.25, 0.3) is 69.1 Å². The summed E-state index contributed by atoms with van der Waals surface area (Å²) in [5.74, 6) is 0.621. The fraction of sp³-hybridized carbons (Fsp3) is 0.184. The number of aromatic nitrogens is 1. The highest BCUT2D eigenvalue weighted by Gasteiger charge is 2.12. The molecule has 1 atom stereocenters. The number of pyridine rings is 1. The minimum atomic E-state index is 0. The second kappa shape index (κ2) is 38.2. The minimum absolute atomic E-state index is 0. The maximum absolute atomic E-state index is 2.28. The van der Waals surface area contributed by atoms with Gasteiger partial charge in [0.2, 0.25) is 0 Å². The van der Waals surface area contributed by atoms with E-state index in [1.54, 1.807) is 0 Å². The highest BCUT2D eigenvalue weighted by Crippen LogP contribution is 2.30. The standard InChI is InChI=1S/2C11H10.7C10H10.C9H9N.2CH4/c1-9-5-4-7-10-6-2-3-8-11(9)10;1-9-6-7-10-4-2-3-5-11(10)8-9;2*1-8-4-2-5-9-6-3-7-10(8)9;2*1-8-5-6-9-3-2-4-10(9)7-8;1-8-6-9-4-2-3-5-10(9)7-8;2*1-8-6-7-9-4-2-3-5-10(8)9;1-8-5-6-9-4-2-3-7-10(8)9;;/h2*2-8H,1H3;2-5,7H,6H2,1H3;2-6H,7H2,1H3;2,4-7H,3H2,1H3;2-3,5-7H,4H2,1H3;2*2-6H,7H2,1H3;2-8H,1H3;2-7H,1H3;2*1H4. The van der Waals surface area contributed by atoms with Gasteiger partial charge in [0.25, 0.3) is 0 Å². The highest BCUT2D eigenvalue weighted by atomic mass is 14.9. The molecule has 0 aliphatic heterocycles. The average molecular weight is 1360 g/mol. The van der Waals surface area contributed by atoms with E-state index < -0.39 is 0 Å². The first kappa shape index (κ1) is 77.0. The molecule has 0 saturated heterocycles. The Morgan fingerprint density at radius 1 is 0.346 bits per heavy atom. The Morgan fingerprint density at radius 3 is 1.69 bits per heavy atom. The van der Waals surface area contributed by atoms with Gasteiger partial charge in [0.1, 0.15) is 0 Å². The van der Waals surface area contributed by atoms with Gasteiger partial charge in [0.05, 0.1) is 0 Å². The number of hydrogen-bond donors (Lipinski definition) is 0. The number of nitrogens with zero attached hydrogens (tertiary/aromatic N) is 1. The van der Waals surface area contributed by atoms with Gasteiger partial charge >= 0.3 is 0 Å². The SMILES string of the molecule is C.C.CC1=CCc2ccccc21.CC1=Cc2ccccc2C1.CC1C=Cc2ccccc21.Cc1ccc2c(c1)C=CC2.Cc1ccc2c(c1)CC=C2.Cc1ccc2ccccc2c1.Cc1ccc2ccccn12.Cc1cccc2c1C=CC2.Cc1cccc2c1CC=C2.Cc1cccc2ccccc12. The number of allylic oxidation sites excluding steroid dienone is 8. The van der Waals surface area contributed by atoms with Crippen LogP contribution in [-0.2, 0) is 38.5 Å². The average Bonchev–Trinajstić information content (AvgIpc) is 1.85. The van der Waals surface area contributed by atoms with Gasteiger partial charge in [-0.2, -0.15) is 0 Å². The van der Waals surface area contributed by atoms with Gasteiger partial charge in [-0.05, 0) is 253 Å². The molecule has 2 heterocycles. The predicted molar refractivity (Wildman–Crippen MR) is 460 cm³/mol. The molecule has 7 aliphatic rings. The summed E-state index contributed by atoms with van der Waals surface area (Å²) in [7, 11) is 0. The molecular weight excluding hydrogens is 1250 g/mol. The molecule has 104 heavy (non-hydrogen) atoms. The van der Waals surface area contributed by atoms with E-state index in [0.29, 0.717) is 5.92 Å². The van der Waals surface area contributed by atoms with Gasteiger partial charge in [-0.25, -0.2) is 0 Å². The molecule has 0 saturated carbocycles. The lowest BCUT2D eigenvalue weighted by atomic mass is 10.0. The molecule has 1 heteroatoms. The summed E-state index contributed by atoms with van der Waals surface area (Å²) < 4.78 is 2.17. The van der Waals surface area contributed by atoms with Gasteiger partial charge in [-0.3, -0.25) is 0 Å². The summed E-state index contributed by atoms with van der Waals surface area (Å²) in [5.41, 5.74) is 33.8. The molecule has 20 rings (SSSR count). The predicted octanol–water partition coefficient (Wildman–Crippen LogP) is 28.2. The molecule has 1 unspecified atom stereocenters. The molecule has 0 spiro atoms. The summed E-state index contributed by atoms with van der Waals surface area (Å²) in [6.07, 6.45) is 35.5. The summed E-state index contributed by atoms with van der Waals surface area (Å²) in [5, 5.41) is 5.33. The third-order valence-electron chi connectivity index (χ3n) is 19.7. The minimum Gasteiger partial charge on any atom is -0.321 e. The molecule has 13 aromatic rings. The van der Waals surface area contributed by atoms with Gasteiger partial charge in [-0.1, -0.05) is 354 Å². The van der Waals surface area contributed by atoms with Crippen molar-refractivity contribution in [2.24, 2.45) is 0 Å². The molecule has 0 fully saturated rings. The zero-order valence-electron chi connectivity index (χ0n) is 61.6. The Kier molecular flexibility index (Phi) is 28.3. The van der Waals surface area contributed by atoms with E-state index in [9.17, 15) is 0 Å². The smallest absolute Gasteiger partial charge is 0.0452 e. The molecular formula is C103H107N. The van der Waals surface area contributed by atoms with Gasteiger partial charge in [-0.15, -0.1) is 0 Å². The maximum Gasteiger partial charge on any atom is 0.0452 e. The van der Waals surface area contributed by atoms with E-state index in [1.165, 1.54) is 155 Å². The Labute approximate surface area is 624 Å². The van der Waals surface area contributed by atoms with Crippen molar-refractivity contribution >= 4 is 69.1 Å². The van der Waals surface area contributed by atoms with Crippen LogP contribution >= 0.6 is 0 Å². The van der Waals surface area contributed by atoms with Gasteiger partial charge < -0.3 is 4.40 Å². The lowest BCUT2D eigenvalue weighted by molar-refractivity contribution is 0.990. The molecule has 0 amide bonds. The van der Waals surface area contributed by atoms with Crippen LogP contribution in [0.2, 0.25) is 0 Å². The fourth-order valence-electron chi connectivity index (χ4n) is 13.9. The molecule has 524 valence electrons. The monoisotopic (exact) mass is 1360 g/mol. The van der Waals surface area contributed by atoms with Crippen LogP contribution in [0.3, 0.4) is 0 Å². The van der Waals surface area contributed by atoms with Gasteiger partial charge in [0, 0.05) is 17.4 Å². The van der Waals surface area contributed by atoms with Crippen molar-refractivity contribution in [2.45, 2.75) is 129 Å². The third-order valence-corrected chi connectivity index (χ3v) is 19.7. The summed E-state index contributed by atoms with van der Waals surface area (Å²) in [6.45, 7) is 21.5. The molecule has 2 aromatic heterocycles. The van der Waals surface area contributed by atoms with Crippen LogP contribution < -0.4 is 0 Å². The Balaban J connectivity index is 0.000000134. The largest absolute Gasteiger partial charge is 0.321 e. The second-order valence-corrected chi connectivity index (χ2v) is 27.6. The van der Waals surface area contributed by atoms with Crippen molar-refractivity contribution in [2.75, 3.05) is 0 Å². The van der Waals surface area contributed by atoms with E-state index in [0.717, 1.165) is 38.5 Å². The molecule has 0 bridgehead atoms. The van der Waals surface area contributed by atoms with Crippen molar-refractivity contribution < 1.29 is 0 Å². The summed E-state index contributed by atoms with van der Waals surface area (Å²) in [6, 6.07) is 92.0. The number of rotatable bonds is 0.